The predicted octanol–water partition coefficient (Wildman–Crippen LogP) is 2.11. The molecule has 2 heterocycles. The summed E-state index contributed by atoms with van der Waals surface area (Å²) in [5, 5.41) is 6.94. The van der Waals surface area contributed by atoms with Gasteiger partial charge in [0.15, 0.2) is 5.96 Å². The van der Waals surface area contributed by atoms with E-state index in [1.165, 1.54) is 0 Å². The minimum absolute atomic E-state index is 0.467. The lowest BCUT2D eigenvalue weighted by Crippen LogP contribution is -2.43. The molecule has 0 saturated carbocycles. The van der Waals surface area contributed by atoms with Crippen molar-refractivity contribution in [3.8, 4) is 0 Å². The maximum absolute atomic E-state index is 5.42. The first-order chi connectivity index (χ1) is 10.9. The van der Waals surface area contributed by atoms with Gasteiger partial charge in [0.25, 0.3) is 0 Å². The zero-order valence-electron chi connectivity index (χ0n) is 13.0. The molecule has 1 aromatic heterocycles. The lowest BCUT2D eigenvalue weighted by molar-refractivity contribution is 0.187. The summed E-state index contributed by atoms with van der Waals surface area (Å²) in [4.78, 5) is 4.74. The van der Waals surface area contributed by atoms with Gasteiger partial charge in [-0.2, -0.15) is 0 Å². The molecule has 1 aromatic rings. The molecule has 0 amide bonds. The number of rotatable bonds is 6. The van der Waals surface area contributed by atoms with Crippen LogP contribution in [0.4, 0.5) is 0 Å². The first-order valence-electron chi connectivity index (χ1n) is 8.20. The molecule has 22 heavy (non-hydrogen) atoms. The van der Waals surface area contributed by atoms with E-state index >= 15 is 0 Å². The molecule has 1 aliphatic heterocycles. The van der Waals surface area contributed by atoms with Crippen molar-refractivity contribution < 1.29 is 9.15 Å². The summed E-state index contributed by atoms with van der Waals surface area (Å²) in [6.07, 6.45) is 10.3. The van der Waals surface area contributed by atoms with Crippen LogP contribution in [0.1, 0.15) is 25.0 Å². The fourth-order valence-electron chi connectivity index (χ4n) is 2.79. The van der Waals surface area contributed by atoms with Crippen molar-refractivity contribution >= 4 is 5.96 Å². The van der Waals surface area contributed by atoms with Gasteiger partial charge >= 0.3 is 0 Å². The van der Waals surface area contributed by atoms with E-state index in [2.05, 4.69) is 22.8 Å². The van der Waals surface area contributed by atoms with E-state index in [-0.39, 0.29) is 0 Å². The Morgan fingerprint density at radius 3 is 2.95 bits per heavy atom. The molecule has 2 N–H and O–H groups in total. The van der Waals surface area contributed by atoms with Crippen LogP contribution in [-0.4, -0.2) is 38.3 Å². The van der Waals surface area contributed by atoms with Gasteiger partial charge in [0.2, 0.25) is 0 Å². The van der Waals surface area contributed by atoms with Gasteiger partial charge < -0.3 is 19.8 Å². The molecule has 0 spiro atoms. The van der Waals surface area contributed by atoms with Crippen LogP contribution in [0.5, 0.6) is 0 Å². The molecule has 5 heteroatoms. The number of hydrogen-bond acceptors (Lipinski definition) is 3. The van der Waals surface area contributed by atoms with E-state index < -0.39 is 0 Å². The number of ether oxygens (including phenoxy) is 1. The number of nitrogens with zero attached hydrogens (tertiary/aromatic N) is 1. The molecule has 0 radical (unpaired) electrons. The van der Waals surface area contributed by atoms with Crippen LogP contribution in [0.15, 0.2) is 40.0 Å². The summed E-state index contributed by atoms with van der Waals surface area (Å²) in [5.41, 5.74) is 0. The fourth-order valence-corrected chi connectivity index (χ4v) is 2.79. The van der Waals surface area contributed by atoms with Crippen molar-refractivity contribution in [3.63, 3.8) is 0 Å². The van der Waals surface area contributed by atoms with Gasteiger partial charge in [0.1, 0.15) is 5.76 Å². The number of aliphatic imine (C=N–C) groups is 1. The molecule has 1 fully saturated rings. The maximum atomic E-state index is 5.42. The lowest BCUT2D eigenvalue weighted by atomic mass is 10.1. The second kappa shape index (κ2) is 8.03. The van der Waals surface area contributed by atoms with Crippen molar-refractivity contribution in [1.29, 1.82) is 0 Å². The van der Waals surface area contributed by atoms with Crippen LogP contribution in [0, 0.1) is 5.92 Å². The molecular formula is C17H25N3O2. The van der Waals surface area contributed by atoms with Crippen molar-refractivity contribution in [2.45, 2.75) is 31.7 Å². The van der Waals surface area contributed by atoms with Gasteiger partial charge in [-0.15, -0.1) is 0 Å². The number of furan rings is 1. The monoisotopic (exact) mass is 303 g/mol. The Balaban J connectivity index is 1.48. The molecule has 1 saturated heterocycles. The maximum Gasteiger partial charge on any atom is 0.191 e. The van der Waals surface area contributed by atoms with Crippen molar-refractivity contribution in [2.24, 2.45) is 10.9 Å². The average Bonchev–Trinajstić information content (AvgIpc) is 3.28. The molecule has 0 bridgehead atoms. The predicted molar refractivity (Wildman–Crippen MR) is 86.9 cm³/mol. The Morgan fingerprint density at radius 2 is 2.23 bits per heavy atom. The van der Waals surface area contributed by atoms with E-state index in [1.807, 2.05) is 12.1 Å². The Hall–Kier alpha value is -1.75. The molecule has 0 aromatic carbocycles. The smallest absolute Gasteiger partial charge is 0.191 e. The van der Waals surface area contributed by atoms with Crippen molar-refractivity contribution in [1.82, 2.24) is 10.6 Å². The van der Waals surface area contributed by atoms with Gasteiger partial charge in [0.05, 0.1) is 12.9 Å². The third kappa shape index (κ3) is 4.63. The highest BCUT2D eigenvalue weighted by atomic mass is 16.5. The third-order valence-corrected chi connectivity index (χ3v) is 4.12. The van der Waals surface area contributed by atoms with Gasteiger partial charge in [-0.1, -0.05) is 12.2 Å². The average molecular weight is 303 g/mol. The van der Waals surface area contributed by atoms with E-state index in [4.69, 9.17) is 14.1 Å². The number of guanidine groups is 1. The topological polar surface area (TPSA) is 58.8 Å². The molecule has 2 aliphatic rings. The highest BCUT2D eigenvalue weighted by Crippen LogP contribution is 2.13. The van der Waals surface area contributed by atoms with Crippen LogP contribution < -0.4 is 10.6 Å². The van der Waals surface area contributed by atoms with Crippen LogP contribution >= 0.6 is 0 Å². The molecule has 3 rings (SSSR count). The van der Waals surface area contributed by atoms with Crippen LogP contribution in [0.3, 0.4) is 0 Å². The van der Waals surface area contributed by atoms with Crippen LogP contribution in [0.2, 0.25) is 0 Å². The summed E-state index contributed by atoms with van der Waals surface area (Å²) in [6, 6.07) is 4.39. The largest absolute Gasteiger partial charge is 0.469 e. The first-order valence-corrected chi connectivity index (χ1v) is 8.20. The SMILES string of the molecule is C1=CCC(NC(=NCC2CCOC2)NCCc2ccco2)C1. The summed E-state index contributed by atoms with van der Waals surface area (Å²) >= 11 is 0. The molecular weight excluding hydrogens is 278 g/mol. The second-order valence-corrected chi connectivity index (χ2v) is 5.96. The normalized spacial score (nSPS) is 22.4. The summed E-state index contributed by atoms with van der Waals surface area (Å²) in [5.74, 6) is 2.47. The Kier molecular flexibility index (Phi) is 5.54. The quantitative estimate of drug-likeness (QED) is 0.480. The minimum Gasteiger partial charge on any atom is -0.469 e. The van der Waals surface area contributed by atoms with E-state index in [9.17, 15) is 0 Å². The Bertz CT molecular complexity index is 482. The van der Waals surface area contributed by atoms with E-state index in [0.717, 1.165) is 63.7 Å². The highest BCUT2D eigenvalue weighted by Gasteiger charge is 2.16. The first kappa shape index (κ1) is 15.2. The highest BCUT2D eigenvalue weighted by molar-refractivity contribution is 5.80. The molecule has 5 nitrogen and oxygen atoms in total. The molecule has 120 valence electrons. The Labute approximate surface area is 131 Å². The van der Waals surface area contributed by atoms with Crippen molar-refractivity contribution in [2.75, 3.05) is 26.3 Å². The third-order valence-electron chi connectivity index (χ3n) is 4.12. The Morgan fingerprint density at radius 1 is 1.32 bits per heavy atom. The van der Waals surface area contributed by atoms with Gasteiger partial charge in [-0.05, 0) is 31.4 Å². The zero-order valence-corrected chi connectivity index (χ0v) is 13.0. The summed E-state index contributed by atoms with van der Waals surface area (Å²) in [7, 11) is 0. The van der Waals surface area contributed by atoms with Gasteiger partial charge in [0, 0.05) is 38.1 Å². The van der Waals surface area contributed by atoms with Crippen LogP contribution in [-0.2, 0) is 11.2 Å². The summed E-state index contributed by atoms with van der Waals surface area (Å²) < 4.78 is 10.8. The van der Waals surface area contributed by atoms with Gasteiger partial charge in [-0.3, -0.25) is 4.99 Å². The number of hydrogen-bond donors (Lipinski definition) is 2. The lowest BCUT2D eigenvalue weighted by Gasteiger charge is -2.18. The number of nitrogens with one attached hydrogen (secondary N) is 2. The zero-order chi connectivity index (χ0) is 15.0. The van der Waals surface area contributed by atoms with Crippen molar-refractivity contribution in [3.05, 3.63) is 36.3 Å². The second-order valence-electron chi connectivity index (χ2n) is 5.96. The molecule has 1 unspecified atom stereocenters. The standard InChI is InChI=1S/C17H25N3O2/c1-2-5-15(4-1)20-17(19-12-14-8-11-21-13-14)18-9-7-16-6-3-10-22-16/h1-3,6,10,14-15H,4-5,7-9,11-13H2,(H2,18,19,20). The van der Waals surface area contributed by atoms with E-state index in [0.29, 0.717) is 12.0 Å². The fraction of sp³-hybridized carbons (Fsp3) is 0.588. The van der Waals surface area contributed by atoms with Crippen LogP contribution in [0.25, 0.3) is 0 Å². The van der Waals surface area contributed by atoms with Gasteiger partial charge in [-0.25, -0.2) is 0 Å². The minimum atomic E-state index is 0.467. The van der Waals surface area contributed by atoms with E-state index in [1.54, 1.807) is 6.26 Å². The summed E-state index contributed by atoms with van der Waals surface area (Å²) in [6.45, 7) is 3.37. The molecule has 1 aliphatic carbocycles. The molecule has 1 atom stereocenters.